The van der Waals surface area contributed by atoms with Crippen LogP contribution in [0, 0.1) is 13.8 Å². The van der Waals surface area contributed by atoms with Crippen LogP contribution in [0.25, 0.3) is 65.0 Å². The van der Waals surface area contributed by atoms with Gasteiger partial charge < -0.3 is 14.2 Å². The molecule has 57 heavy (non-hydrogen) atoms. The summed E-state index contributed by atoms with van der Waals surface area (Å²) in [5.41, 5.74) is 11.0. The van der Waals surface area contributed by atoms with Crippen LogP contribution in [-0.2, 0) is 0 Å². The maximum Gasteiger partial charge on any atom is 0.136 e. The third-order valence-electron chi connectivity index (χ3n) is 11.8. The van der Waals surface area contributed by atoms with Gasteiger partial charge in [0.1, 0.15) is 11.2 Å². The Balaban J connectivity index is 1.07. The molecule has 0 N–H and O–H groups in total. The Labute approximate surface area is 331 Å². The molecule has 0 saturated heterocycles. The van der Waals surface area contributed by atoms with E-state index in [2.05, 4.69) is 218 Å². The van der Waals surface area contributed by atoms with Crippen LogP contribution in [-0.4, -0.2) is 0 Å². The van der Waals surface area contributed by atoms with E-state index in [1.54, 1.807) is 0 Å². The maximum atomic E-state index is 6.81. The molecule has 3 heteroatoms. The summed E-state index contributed by atoms with van der Waals surface area (Å²) in [5, 5.41) is 11.9. The highest BCUT2D eigenvalue weighted by atomic mass is 16.3. The van der Waals surface area contributed by atoms with E-state index in [0.29, 0.717) is 0 Å². The average Bonchev–Trinajstić information content (AvgIpc) is 3.61. The Morgan fingerprint density at radius 2 is 0.702 bits per heavy atom. The zero-order valence-corrected chi connectivity index (χ0v) is 31.8. The molecule has 3 nitrogen and oxygen atoms in total. The minimum absolute atomic E-state index is 0.893. The van der Waals surface area contributed by atoms with Crippen molar-refractivity contribution in [3.05, 3.63) is 205 Å². The molecule has 0 aliphatic carbocycles. The molecule has 0 spiro atoms. The normalized spacial score (nSPS) is 11.7. The number of anilines is 6. The van der Waals surface area contributed by atoms with Gasteiger partial charge in [-0.05, 0) is 130 Å². The van der Waals surface area contributed by atoms with Crippen LogP contribution in [0.4, 0.5) is 34.1 Å². The number of benzene rings is 10. The molecule has 0 radical (unpaired) electrons. The van der Waals surface area contributed by atoms with Gasteiger partial charge in [0, 0.05) is 44.3 Å². The van der Waals surface area contributed by atoms with Crippen molar-refractivity contribution >= 4 is 99.2 Å². The molecule has 0 fully saturated rings. The highest BCUT2D eigenvalue weighted by Crippen LogP contribution is 2.46. The van der Waals surface area contributed by atoms with Crippen molar-refractivity contribution in [2.24, 2.45) is 0 Å². The summed E-state index contributed by atoms with van der Waals surface area (Å²) in [7, 11) is 0. The topological polar surface area (TPSA) is 19.6 Å². The molecule has 11 rings (SSSR count). The van der Waals surface area contributed by atoms with Gasteiger partial charge in [-0.2, -0.15) is 0 Å². The summed E-state index contributed by atoms with van der Waals surface area (Å²) in [4.78, 5) is 4.79. The molecule has 0 saturated carbocycles. The first-order chi connectivity index (χ1) is 28.1. The molecule has 0 unspecified atom stereocenters. The zero-order chi connectivity index (χ0) is 38.0. The molecule has 0 amide bonds. The second-order valence-corrected chi connectivity index (χ2v) is 15.0. The van der Waals surface area contributed by atoms with Gasteiger partial charge in [0.25, 0.3) is 0 Å². The van der Waals surface area contributed by atoms with Gasteiger partial charge in [0.2, 0.25) is 0 Å². The smallest absolute Gasteiger partial charge is 0.136 e. The van der Waals surface area contributed by atoms with Gasteiger partial charge >= 0.3 is 0 Å². The van der Waals surface area contributed by atoms with Crippen molar-refractivity contribution in [3.63, 3.8) is 0 Å². The lowest BCUT2D eigenvalue weighted by molar-refractivity contribution is 0.670. The molecule has 0 bridgehead atoms. The van der Waals surface area contributed by atoms with E-state index < -0.39 is 0 Å². The average molecular weight is 731 g/mol. The first kappa shape index (κ1) is 33.0. The summed E-state index contributed by atoms with van der Waals surface area (Å²) in [6.07, 6.45) is 0. The fourth-order valence-corrected chi connectivity index (χ4v) is 8.95. The highest BCUT2D eigenvalue weighted by molar-refractivity contribution is 6.15. The van der Waals surface area contributed by atoms with Gasteiger partial charge in [-0.1, -0.05) is 121 Å². The SMILES string of the molecule is Cc1c(N(c2ccccc2)c2cccc3ccccc23)ccc2cc3c(cc12)oc1cc2c(C)c(N(c4ccccc4)c4cccc5ccccc45)ccc2cc13. The molecule has 0 aliphatic rings. The van der Waals surface area contributed by atoms with Crippen molar-refractivity contribution in [1.29, 1.82) is 0 Å². The molecule has 1 heterocycles. The van der Waals surface area contributed by atoms with E-state index >= 15 is 0 Å². The van der Waals surface area contributed by atoms with Crippen LogP contribution in [0.5, 0.6) is 0 Å². The first-order valence-electron chi connectivity index (χ1n) is 19.6. The predicted molar refractivity (Wildman–Crippen MR) is 243 cm³/mol. The van der Waals surface area contributed by atoms with Crippen LogP contribution in [0.1, 0.15) is 11.1 Å². The quantitative estimate of drug-likeness (QED) is 0.170. The standard InChI is InChI=1S/C54H38N2O/c1-35-45-33-53-47(31-39(45)27-29-49(35)55(41-19-5-3-6-20-41)51-25-13-17-37-15-9-11-23-43(37)51)48-32-40-28-30-50(36(2)46(40)34-54(48)57-53)56(42-21-7-4-8-22-42)52-26-14-18-38-16-10-12-24-44(38)52/h3-34H,1-2H3. The molecule has 1 aromatic heterocycles. The van der Waals surface area contributed by atoms with Crippen LogP contribution in [0.2, 0.25) is 0 Å². The number of hydrogen-bond acceptors (Lipinski definition) is 3. The van der Waals surface area contributed by atoms with E-state index in [0.717, 1.165) is 56.1 Å². The Kier molecular flexibility index (Phi) is 7.61. The van der Waals surface area contributed by atoms with E-state index in [-0.39, 0.29) is 0 Å². The summed E-state index contributed by atoms with van der Waals surface area (Å²) >= 11 is 0. The second-order valence-electron chi connectivity index (χ2n) is 15.0. The number of aryl methyl sites for hydroxylation is 2. The van der Waals surface area contributed by atoms with Crippen LogP contribution in [0.15, 0.2) is 199 Å². The zero-order valence-electron chi connectivity index (χ0n) is 31.8. The van der Waals surface area contributed by atoms with Crippen LogP contribution >= 0.6 is 0 Å². The Morgan fingerprint density at radius 3 is 1.16 bits per heavy atom. The van der Waals surface area contributed by atoms with Crippen molar-refractivity contribution in [2.75, 3.05) is 9.80 Å². The molecule has 0 atom stereocenters. The largest absolute Gasteiger partial charge is 0.456 e. The first-order valence-corrected chi connectivity index (χ1v) is 19.6. The number of fused-ring (bicyclic) bond motifs is 7. The van der Waals surface area contributed by atoms with Gasteiger partial charge in [0.05, 0.1) is 11.4 Å². The number of rotatable bonds is 6. The van der Waals surface area contributed by atoms with Crippen molar-refractivity contribution in [1.82, 2.24) is 0 Å². The van der Waals surface area contributed by atoms with Gasteiger partial charge in [-0.25, -0.2) is 0 Å². The van der Waals surface area contributed by atoms with Crippen molar-refractivity contribution < 1.29 is 4.42 Å². The van der Waals surface area contributed by atoms with Crippen LogP contribution in [0.3, 0.4) is 0 Å². The summed E-state index contributed by atoms with van der Waals surface area (Å²) in [6.45, 7) is 4.47. The predicted octanol–water partition coefficient (Wildman–Crippen LogP) is 15.8. The number of hydrogen-bond donors (Lipinski definition) is 0. The lowest BCUT2D eigenvalue weighted by atomic mass is 9.97. The Bertz CT molecular complexity index is 3100. The third-order valence-corrected chi connectivity index (χ3v) is 11.8. The summed E-state index contributed by atoms with van der Waals surface area (Å²) < 4.78 is 6.81. The van der Waals surface area contributed by atoms with Gasteiger partial charge in [-0.15, -0.1) is 0 Å². The summed E-state index contributed by atoms with van der Waals surface area (Å²) in [5.74, 6) is 0. The molecule has 0 aliphatic heterocycles. The fourth-order valence-electron chi connectivity index (χ4n) is 8.95. The fraction of sp³-hybridized carbons (Fsp3) is 0.0370. The van der Waals surface area contributed by atoms with E-state index in [9.17, 15) is 0 Å². The molecular formula is C54H38N2O. The van der Waals surface area contributed by atoms with Crippen LogP contribution < -0.4 is 9.80 Å². The molecule has 10 aromatic carbocycles. The highest BCUT2D eigenvalue weighted by Gasteiger charge is 2.21. The minimum atomic E-state index is 0.893. The lowest BCUT2D eigenvalue weighted by Crippen LogP contribution is -2.12. The Hall–Kier alpha value is -7.36. The van der Waals surface area contributed by atoms with E-state index in [4.69, 9.17) is 4.42 Å². The maximum absolute atomic E-state index is 6.81. The second kappa shape index (κ2) is 13.1. The minimum Gasteiger partial charge on any atom is -0.456 e. The number of furan rings is 1. The number of nitrogens with zero attached hydrogens (tertiary/aromatic N) is 2. The lowest BCUT2D eigenvalue weighted by Gasteiger charge is -2.29. The third kappa shape index (κ3) is 5.35. The number of para-hydroxylation sites is 2. The Morgan fingerprint density at radius 1 is 0.298 bits per heavy atom. The van der Waals surface area contributed by atoms with Gasteiger partial charge in [-0.3, -0.25) is 0 Å². The molecule has 270 valence electrons. The van der Waals surface area contributed by atoms with E-state index in [1.165, 1.54) is 54.2 Å². The molecule has 11 aromatic rings. The van der Waals surface area contributed by atoms with Gasteiger partial charge in [0.15, 0.2) is 0 Å². The monoisotopic (exact) mass is 730 g/mol. The van der Waals surface area contributed by atoms with E-state index in [1.807, 2.05) is 0 Å². The van der Waals surface area contributed by atoms with Crippen molar-refractivity contribution in [3.8, 4) is 0 Å². The van der Waals surface area contributed by atoms with Crippen molar-refractivity contribution in [2.45, 2.75) is 13.8 Å². The summed E-state index contributed by atoms with van der Waals surface area (Å²) in [6, 6.07) is 69.9. The molecular weight excluding hydrogens is 693 g/mol.